The van der Waals surface area contributed by atoms with E-state index < -0.39 is 11.5 Å². The van der Waals surface area contributed by atoms with E-state index in [1.165, 1.54) is 18.4 Å². The number of nitrogens with one attached hydrogen (secondary N) is 1. The molecule has 1 amide bonds. The predicted octanol–water partition coefficient (Wildman–Crippen LogP) is 2.40. The Morgan fingerprint density at radius 3 is 2.95 bits per heavy atom. The van der Waals surface area contributed by atoms with Crippen LogP contribution in [0.15, 0.2) is 47.1 Å². The molecule has 2 N–H and O–H groups in total. The highest BCUT2D eigenvalue weighted by Crippen LogP contribution is 2.39. The van der Waals surface area contributed by atoms with Crippen LogP contribution in [0.2, 0.25) is 0 Å². The van der Waals surface area contributed by atoms with Crippen molar-refractivity contribution >= 4 is 23.5 Å². The molecule has 112 valence electrons. The third kappa shape index (κ3) is 2.46. The number of hydrogen-bond acceptors (Lipinski definition) is 4. The van der Waals surface area contributed by atoms with E-state index in [-0.39, 0.29) is 12.2 Å². The molecule has 2 heterocycles. The van der Waals surface area contributed by atoms with Crippen molar-refractivity contribution in [3.05, 3.63) is 59.6 Å². The first-order valence-corrected chi connectivity index (χ1v) is 6.88. The smallest absolute Gasteiger partial charge is 0.261 e. The highest BCUT2D eigenvalue weighted by molar-refractivity contribution is 6.08. The minimum absolute atomic E-state index is 0.313. The molecule has 0 aliphatic carbocycles. The number of benzene rings is 1. The Morgan fingerprint density at radius 1 is 1.41 bits per heavy atom. The van der Waals surface area contributed by atoms with Gasteiger partial charge in [0.15, 0.2) is 11.4 Å². The van der Waals surface area contributed by atoms with Gasteiger partial charge in [-0.2, -0.15) is 0 Å². The highest BCUT2D eigenvalue weighted by atomic mass is 16.3. The predicted molar refractivity (Wildman–Crippen MR) is 81.1 cm³/mol. The second kappa shape index (κ2) is 5.27. The van der Waals surface area contributed by atoms with Gasteiger partial charge in [0.25, 0.3) is 5.91 Å². The Labute approximate surface area is 127 Å². The zero-order chi connectivity index (χ0) is 15.7. The fourth-order valence-corrected chi connectivity index (χ4v) is 2.51. The molecule has 1 aliphatic rings. The summed E-state index contributed by atoms with van der Waals surface area (Å²) in [5.74, 6) is -0.399. The van der Waals surface area contributed by atoms with Gasteiger partial charge in [0.1, 0.15) is 5.76 Å². The molecule has 0 radical (unpaired) electrons. The van der Waals surface area contributed by atoms with Gasteiger partial charge in [-0.15, -0.1) is 0 Å². The maximum absolute atomic E-state index is 12.1. The zero-order valence-electron chi connectivity index (χ0n) is 12.0. The van der Waals surface area contributed by atoms with Crippen LogP contribution in [-0.2, 0) is 15.2 Å². The molecule has 5 heteroatoms. The van der Waals surface area contributed by atoms with Gasteiger partial charge in [0, 0.05) is 11.3 Å². The summed E-state index contributed by atoms with van der Waals surface area (Å²) in [5, 5.41) is 13.3. The molecule has 0 bridgehead atoms. The SMILES string of the molecule is Cc1ccc2c(c1)C(O)(CC(=O)/C=C/c1ccco1)C(=O)N2. The average Bonchev–Trinajstić information content (AvgIpc) is 3.06. The molecule has 0 saturated heterocycles. The quantitative estimate of drug-likeness (QED) is 0.849. The van der Waals surface area contributed by atoms with Gasteiger partial charge in [-0.3, -0.25) is 9.59 Å². The van der Waals surface area contributed by atoms with E-state index >= 15 is 0 Å². The van der Waals surface area contributed by atoms with E-state index in [0.717, 1.165) is 5.56 Å². The third-order valence-corrected chi connectivity index (χ3v) is 3.65. The number of hydrogen-bond donors (Lipinski definition) is 2. The van der Waals surface area contributed by atoms with Gasteiger partial charge in [-0.25, -0.2) is 0 Å². The van der Waals surface area contributed by atoms with Crippen molar-refractivity contribution < 1.29 is 19.1 Å². The summed E-state index contributed by atoms with van der Waals surface area (Å²) in [6.45, 7) is 1.86. The topological polar surface area (TPSA) is 79.5 Å². The van der Waals surface area contributed by atoms with E-state index in [1.54, 1.807) is 24.3 Å². The van der Waals surface area contributed by atoms with E-state index in [9.17, 15) is 14.7 Å². The molecule has 0 spiro atoms. The second-order valence-electron chi connectivity index (χ2n) is 5.36. The molecule has 3 rings (SSSR count). The number of carbonyl (C=O) groups is 2. The van der Waals surface area contributed by atoms with Crippen LogP contribution in [0.1, 0.15) is 23.3 Å². The molecule has 0 saturated carbocycles. The van der Waals surface area contributed by atoms with Crippen molar-refractivity contribution in [3.63, 3.8) is 0 Å². The Bertz CT molecular complexity index is 761. The highest BCUT2D eigenvalue weighted by Gasteiger charge is 2.46. The number of aliphatic hydroxyl groups is 1. The number of allylic oxidation sites excluding steroid dienone is 1. The number of anilines is 1. The van der Waals surface area contributed by atoms with Crippen LogP contribution in [0.3, 0.4) is 0 Å². The largest absolute Gasteiger partial charge is 0.465 e. The van der Waals surface area contributed by atoms with E-state index in [2.05, 4.69) is 5.32 Å². The Hall–Kier alpha value is -2.66. The van der Waals surface area contributed by atoms with Crippen LogP contribution in [-0.4, -0.2) is 16.8 Å². The minimum Gasteiger partial charge on any atom is -0.465 e. The fourth-order valence-electron chi connectivity index (χ4n) is 2.51. The van der Waals surface area contributed by atoms with Crippen molar-refractivity contribution in [1.82, 2.24) is 0 Å². The average molecular weight is 297 g/mol. The standard InChI is InChI=1S/C17H15NO4/c1-11-4-7-15-14(9-11)17(21,16(20)18-15)10-12(19)5-6-13-3-2-8-22-13/h2-9,21H,10H2,1H3,(H,18,20)/b6-5+. The summed E-state index contributed by atoms with van der Waals surface area (Å²) in [4.78, 5) is 24.1. The number of aryl methyl sites for hydroxylation is 1. The Kier molecular flexibility index (Phi) is 3.42. The zero-order valence-corrected chi connectivity index (χ0v) is 12.0. The number of amides is 1. The van der Waals surface area contributed by atoms with Gasteiger partial charge in [-0.05, 0) is 37.3 Å². The molecule has 1 aromatic heterocycles. The fraction of sp³-hybridized carbons (Fsp3) is 0.176. The first-order valence-electron chi connectivity index (χ1n) is 6.88. The summed E-state index contributed by atoms with van der Waals surface area (Å²) >= 11 is 0. The van der Waals surface area contributed by atoms with Gasteiger partial charge in [0.2, 0.25) is 0 Å². The van der Waals surface area contributed by atoms with Crippen molar-refractivity contribution in [3.8, 4) is 0 Å². The number of furan rings is 1. The van der Waals surface area contributed by atoms with Crippen molar-refractivity contribution in [2.24, 2.45) is 0 Å². The normalized spacial score (nSPS) is 20.2. The van der Waals surface area contributed by atoms with Crippen LogP contribution in [0, 0.1) is 6.92 Å². The van der Waals surface area contributed by atoms with E-state index in [1.807, 2.05) is 13.0 Å². The Balaban J connectivity index is 1.83. The Morgan fingerprint density at radius 2 is 2.23 bits per heavy atom. The summed E-state index contributed by atoms with van der Waals surface area (Å²) < 4.78 is 5.09. The van der Waals surface area contributed by atoms with Crippen molar-refractivity contribution in [2.75, 3.05) is 5.32 Å². The molecule has 5 nitrogen and oxygen atoms in total. The van der Waals surface area contributed by atoms with E-state index in [4.69, 9.17) is 4.42 Å². The maximum Gasteiger partial charge on any atom is 0.261 e. The minimum atomic E-state index is -1.83. The molecule has 1 atom stereocenters. The van der Waals surface area contributed by atoms with Gasteiger partial charge in [-0.1, -0.05) is 17.7 Å². The first-order chi connectivity index (χ1) is 10.5. The lowest BCUT2D eigenvalue weighted by Gasteiger charge is -2.19. The molecular formula is C17H15NO4. The van der Waals surface area contributed by atoms with Crippen LogP contribution in [0.5, 0.6) is 0 Å². The first kappa shape index (κ1) is 14.3. The summed E-state index contributed by atoms with van der Waals surface area (Å²) in [7, 11) is 0. The number of carbonyl (C=O) groups excluding carboxylic acids is 2. The molecule has 1 aromatic carbocycles. The van der Waals surface area contributed by atoms with Gasteiger partial charge < -0.3 is 14.8 Å². The maximum atomic E-state index is 12.1. The molecule has 1 unspecified atom stereocenters. The molecule has 1 aliphatic heterocycles. The van der Waals surface area contributed by atoms with Gasteiger partial charge >= 0.3 is 0 Å². The summed E-state index contributed by atoms with van der Waals surface area (Å²) in [5.41, 5.74) is 0.0665. The third-order valence-electron chi connectivity index (χ3n) is 3.65. The lowest BCUT2D eigenvalue weighted by Crippen LogP contribution is -2.36. The number of rotatable bonds is 4. The van der Waals surface area contributed by atoms with Crippen LogP contribution in [0.4, 0.5) is 5.69 Å². The number of ketones is 1. The van der Waals surface area contributed by atoms with Crippen molar-refractivity contribution in [2.45, 2.75) is 18.9 Å². The van der Waals surface area contributed by atoms with Crippen LogP contribution in [0.25, 0.3) is 6.08 Å². The summed E-state index contributed by atoms with van der Waals surface area (Å²) in [6.07, 6.45) is 4.00. The molecular weight excluding hydrogens is 282 g/mol. The van der Waals surface area contributed by atoms with Crippen molar-refractivity contribution in [1.29, 1.82) is 0 Å². The summed E-state index contributed by atoms with van der Waals surface area (Å²) in [6, 6.07) is 8.70. The monoisotopic (exact) mass is 297 g/mol. The van der Waals surface area contributed by atoms with Gasteiger partial charge in [0.05, 0.1) is 12.7 Å². The second-order valence-corrected chi connectivity index (χ2v) is 5.36. The lowest BCUT2D eigenvalue weighted by molar-refractivity contribution is -0.138. The van der Waals surface area contributed by atoms with Crippen LogP contribution >= 0.6 is 0 Å². The number of fused-ring (bicyclic) bond motifs is 1. The van der Waals surface area contributed by atoms with Crippen LogP contribution < -0.4 is 5.32 Å². The molecule has 22 heavy (non-hydrogen) atoms. The molecule has 0 fully saturated rings. The van der Waals surface area contributed by atoms with E-state index in [0.29, 0.717) is 17.0 Å². The lowest BCUT2D eigenvalue weighted by atomic mass is 9.89. The molecule has 2 aromatic rings.